The van der Waals surface area contributed by atoms with Gasteiger partial charge in [0.25, 0.3) is 0 Å². The number of rotatable bonds is 4. The van der Waals surface area contributed by atoms with E-state index >= 15 is 0 Å². The van der Waals surface area contributed by atoms with E-state index in [4.69, 9.17) is 9.97 Å². The molecule has 3 nitrogen and oxygen atoms in total. The van der Waals surface area contributed by atoms with E-state index in [2.05, 4.69) is 180 Å². The molecule has 0 aliphatic heterocycles. The SMILES string of the molecule is c1ccc(-c2ccc(-c3cc(-n4c5ccccc5c5ccccc54)nc(-c4ccc5c6ccccc6c6ccccc6c5c4)n3)cc2)cc1. The molecule has 0 N–H and O–H groups in total. The highest BCUT2D eigenvalue weighted by Gasteiger charge is 2.17. The van der Waals surface area contributed by atoms with Crippen LogP contribution in [0.1, 0.15) is 0 Å². The van der Waals surface area contributed by atoms with Crippen molar-refractivity contribution < 1.29 is 0 Å². The Labute approximate surface area is 283 Å². The molecule has 10 rings (SSSR count). The molecule has 0 unspecified atom stereocenters. The second-order valence-corrected chi connectivity index (χ2v) is 12.6. The Balaban J connectivity index is 1.23. The first-order valence-corrected chi connectivity index (χ1v) is 16.7. The summed E-state index contributed by atoms with van der Waals surface area (Å²) >= 11 is 0. The van der Waals surface area contributed by atoms with Crippen LogP contribution in [-0.4, -0.2) is 14.5 Å². The summed E-state index contributed by atoms with van der Waals surface area (Å²) in [6.45, 7) is 0. The van der Waals surface area contributed by atoms with Gasteiger partial charge in [0.05, 0.1) is 16.7 Å². The van der Waals surface area contributed by atoms with Gasteiger partial charge in [-0.2, -0.15) is 0 Å². The first-order valence-electron chi connectivity index (χ1n) is 16.7. The van der Waals surface area contributed by atoms with E-state index in [0.29, 0.717) is 5.82 Å². The number of hydrogen-bond acceptors (Lipinski definition) is 2. The molecule has 0 aliphatic rings. The smallest absolute Gasteiger partial charge is 0.162 e. The van der Waals surface area contributed by atoms with Crippen LogP contribution in [0, 0.1) is 0 Å². The molecule has 10 aromatic rings. The number of para-hydroxylation sites is 2. The van der Waals surface area contributed by atoms with Gasteiger partial charge in [-0.05, 0) is 61.6 Å². The molecule has 2 heterocycles. The Kier molecular flexibility index (Phi) is 6.18. The molecular formula is C46H29N3. The van der Waals surface area contributed by atoms with Crippen molar-refractivity contribution in [3.8, 4) is 39.6 Å². The summed E-state index contributed by atoms with van der Waals surface area (Å²) in [7, 11) is 0. The molecular weight excluding hydrogens is 595 g/mol. The van der Waals surface area contributed by atoms with Crippen molar-refractivity contribution in [1.29, 1.82) is 0 Å². The molecule has 0 radical (unpaired) electrons. The van der Waals surface area contributed by atoms with Crippen molar-refractivity contribution in [2.24, 2.45) is 0 Å². The molecule has 0 aliphatic carbocycles. The van der Waals surface area contributed by atoms with Gasteiger partial charge in [-0.25, -0.2) is 9.97 Å². The third kappa shape index (κ3) is 4.44. The Bertz CT molecular complexity index is 2780. The molecule has 0 fully saturated rings. The van der Waals surface area contributed by atoms with E-state index < -0.39 is 0 Å². The summed E-state index contributed by atoms with van der Waals surface area (Å²) in [4.78, 5) is 10.6. The lowest BCUT2D eigenvalue weighted by molar-refractivity contribution is 1.05. The monoisotopic (exact) mass is 623 g/mol. The fourth-order valence-electron chi connectivity index (χ4n) is 7.51. The molecule has 2 aromatic heterocycles. The second-order valence-electron chi connectivity index (χ2n) is 12.6. The van der Waals surface area contributed by atoms with Crippen molar-refractivity contribution >= 4 is 54.1 Å². The zero-order valence-corrected chi connectivity index (χ0v) is 26.6. The molecule has 8 aromatic carbocycles. The topological polar surface area (TPSA) is 30.7 Å². The lowest BCUT2D eigenvalue weighted by Gasteiger charge is -2.14. The van der Waals surface area contributed by atoms with E-state index in [9.17, 15) is 0 Å². The molecule has 228 valence electrons. The predicted octanol–water partition coefficient (Wildman–Crippen LogP) is 12.0. The maximum absolute atomic E-state index is 5.34. The predicted molar refractivity (Wildman–Crippen MR) is 205 cm³/mol. The summed E-state index contributed by atoms with van der Waals surface area (Å²) in [6, 6.07) is 62.6. The van der Waals surface area contributed by atoms with Crippen LogP contribution in [0.25, 0.3) is 93.7 Å². The number of hydrogen-bond donors (Lipinski definition) is 0. The third-order valence-corrected chi connectivity index (χ3v) is 9.81. The van der Waals surface area contributed by atoms with Gasteiger partial charge in [-0.3, -0.25) is 4.57 Å². The Morgan fingerprint density at radius 3 is 1.37 bits per heavy atom. The van der Waals surface area contributed by atoms with Crippen LogP contribution in [0.15, 0.2) is 176 Å². The molecule has 0 saturated heterocycles. The lowest BCUT2D eigenvalue weighted by atomic mass is 9.93. The highest BCUT2D eigenvalue weighted by Crippen LogP contribution is 2.38. The molecule has 3 heteroatoms. The van der Waals surface area contributed by atoms with Gasteiger partial charge >= 0.3 is 0 Å². The summed E-state index contributed by atoms with van der Waals surface area (Å²) in [5.41, 5.74) is 7.52. The maximum atomic E-state index is 5.34. The average molecular weight is 624 g/mol. The number of benzene rings is 8. The van der Waals surface area contributed by atoms with Crippen LogP contribution >= 0.6 is 0 Å². The number of fused-ring (bicyclic) bond motifs is 9. The fraction of sp³-hybridized carbons (Fsp3) is 0. The Hall–Kier alpha value is -6.58. The molecule has 0 amide bonds. The van der Waals surface area contributed by atoms with E-state index in [0.717, 1.165) is 33.7 Å². The molecule has 0 atom stereocenters. The van der Waals surface area contributed by atoms with Crippen LogP contribution < -0.4 is 0 Å². The first kappa shape index (κ1) is 27.5. The minimum absolute atomic E-state index is 0.695. The van der Waals surface area contributed by atoms with Crippen molar-refractivity contribution in [2.45, 2.75) is 0 Å². The van der Waals surface area contributed by atoms with Crippen LogP contribution in [0.3, 0.4) is 0 Å². The third-order valence-electron chi connectivity index (χ3n) is 9.81. The zero-order chi connectivity index (χ0) is 32.3. The summed E-state index contributed by atoms with van der Waals surface area (Å²) < 4.78 is 2.28. The second kappa shape index (κ2) is 11.0. The van der Waals surface area contributed by atoms with Crippen LogP contribution in [0.2, 0.25) is 0 Å². The van der Waals surface area contributed by atoms with Crippen LogP contribution in [-0.2, 0) is 0 Å². The van der Waals surface area contributed by atoms with Crippen LogP contribution in [0.4, 0.5) is 0 Å². The van der Waals surface area contributed by atoms with E-state index in [1.54, 1.807) is 0 Å². The molecule has 0 spiro atoms. The van der Waals surface area contributed by atoms with Gasteiger partial charge in [0.2, 0.25) is 0 Å². The highest BCUT2D eigenvalue weighted by atomic mass is 15.1. The summed E-state index contributed by atoms with van der Waals surface area (Å²) in [6.07, 6.45) is 0. The minimum Gasteiger partial charge on any atom is -0.294 e. The van der Waals surface area contributed by atoms with Gasteiger partial charge in [0.1, 0.15) is 5.82 Å². The van der Waals surface area contributed by atoms with Crippen LogP contribution in [0.5, 0.6) is 0 Å². The fourth-order valence-corrected chi connectivity index (χ4v) is 7.51. The zero-order valence-electron chi connectivity index (χ0n) is 26.6. The van der Waals surface area contributed by atoms with Gasteiger partial charge in [0, 0.05) is 28.0 Å². The van der Waals surface area contributed by atoms with Gasteiger partial charge in [-0.15, -0.1) is 0 Å². The lowest BCUT2D eigenvalue weighted by Crippen LogP contribution is -2.02. The maximum Gasteiger partial charge on any atom is 0.162 e. The van der Waals surface area contributed by atoms with E-state index in [-0.39, 0.29) is 0 Å². The summed E-state index contributed by atoms with van der Waals surface area (Å²) in [5, 5.41) is 9.84. The molecule has 49 heavy (non-hydrogen) atoms. The van der Waals surface area contributed by atoms with Crippen molar-refractivity contribution in [1.82, 2.24) is 14.5 Å². The quantitative estimate of drug-likeness (QED) is 0.183. The van der Waals surface area contributed by atoms with Gasteiger partial charge < -0.3 is 0 Å². The molecule has 0 saturated carbocycles. The normalized spacial score (nSPS) is 11.7. The van der Waals surface area contributed by atoms with Crippen molar-refractivity contribution in [3.05, 3.63) is 176 Å². The van der Waals surface area contributed by atoms with E-state index in [1.165, 1.54) is 54.2 Å². The summed E-state index contributed by atoms with van der Waals surface area (Å²) in [5.74, 6) is 1.54. The average Bonchev–Trinajstić information content (AvgIpc) is 3.52. The Morgan fingerprint density at radius 1 is 0.306 bits per heavy atom. The largest absolute Gasteiger partial charge is 0.294 e. The highest BCUT2D eigenvalue weighted by molar-refractivity contribution is 6.25. The van der Waals surface area contributed by atoms with Gasteiger partial charge in [0.15, 0.2) is 5.82 Å². The van der Waals surface area contributed by atoms with Crippen molar-refractivity contribution in [2.75, 3.05) is 0 Å². The molecule has 0 bridgehead atoms. The Morgan fingerprint density at radius 2 is 0.755 bits per heavy atom. The van der Waals surface area contributed by atoms with E-state index in [1.807, 2.05) is 0 Å². The number of aromatic nitrogens is 3. The standard InChI is InChI=1S/C46H29N3/c1-2-12-30(13-3-1)31-22-24-32(25-23-31)42-29-45(49-43-20-10-8-18-39(43)40-19-9-11-21-44(40)49)48-46(47-42)33-26-27-38-36-16-5-4-14-34(36)35-15-6-7-17-37(35)41(38)28-33/h1-29H. The minimum atomic E-state index is 0.695. The first-order chi connectivity index (χ1) is 24.3. The van der Waals surface area contributed by atoms with Gasteiger partial charge in [-0.1, -0.05) is 152 Å². The van der Waals surface area contributed by atoms with Crippen molar-refractivity contribution in [3.63, 3.8) is 0 Å². The number of nitrogens with zero attached hydrogens (tertiary/aromatic N) is 3.